The molecule has 0 unspecified atom stereocenters. The first kappa shape index (κ1) is 18.2. The topological polar surface area (TPSA) is 113 Å². The molecule has 0 amide bonds. The SMILES string of the molecule is CCC[C@H](N)C(=O)O.CN[C@H](C(=O)O)C(C)C. The van der Waals surface area contributed by atoms with Crippen LogP contribution in [0.4, 0.5) is 0 Å². The molecule has 0 heterocycles. The summed E-state index contributed by atoms with van der Waals surface area (Å²) < 4.78 is 0. The third kappa shape index (κ3) is 9.77. The van der Waals surface area contributed by atoms with E-state index in [9.17, 15) is 9.59 Å². The van der Waals surface area contributed by atoms with Crippen LogP contribution in [0, 0.1) is 5.92 Å². The molecular weight excluding hydrogens is 224 g/mol. The summed E-state index contributed by atoms with van der Waals surface area (Å²) >= 11 is 0. The van der Waals surface area contributed by atoms with Crippen molar-refractivity contribution in [3.8, 4) is 0 Å². The Morgan fingerprint density at radius 1 is 1.24 bits per heavy atom. The van der Waals surface area contributed by atoms with Gasteiger partial charge in [-0.05, 0) is 19.4 Å². The lowest BCUT2D eigenvalue weighted by atomic mass is 10.1. The van der Waals surface area contributed by atoms with Crippen LogP contribution in [0.3, 0.4) is 0 Å². The Hall–Kier alpha value is -1.14. The number of carboxylic acids is 2. The van der Waals surface area contributed by atoms with Crippen LogP contribution in [0.5, 0.6) is 0 Å². The predicted octanol–water partition coefficient (Wildman–Crippen LogP) is 0.513. The van der Waals surface area contributed by atoms with Crippen molar-refractivity contribution >= 4 is 11.9 Å². The van der Waals surface area contributed by atoms with E-state index < -0.39 is 24.0 Å². The molecule has 0 aliphatic rings. The Morgan fingerprint density at radius 2 is 1.71 bits per heavy atom. The third-order valence-corrected chi connectivity index (χ3v) is 2.16. The van der Waals surface area contributed by atoms with Crippen molar-refractivity contribution in [3.05, 3.63) is 0 Å². The van der Waals surface area contributed by atoms with Crippen LogP contribution in [-0.2, 0) is 9.59 Å². The summed E-state index contributed by atoms with van der Waals surface area (Å²) in [5, 5.41) is 19.4. The molecule has 0 spiro atoms. The lowest BCUT2D eigenvalue weighted by Gasteiger charge is -2.13. The van der Waals surface area contributed by atoms with Gasteiger partial charge in [0.15, 0.2) is 0 Å². The van der Waals surface area contributed by atoms with E-state index in [1.165, 1.54) is 0 Å². The maximum atomic E-state index is 10.3. The largest absolute Gasteiger partial charge is 0.480 e. The lowest BCUT2D eigenvalue weighted by Crippen LogP contribution is -2.38. The second kappa shape index (κ2) is 10.0. The number of hydrogen-bond acceptors (Lipinski definition) is 4. The van der Waals surface area contributed by atoms with Crippen LogP contribution in [-0.4, -0.2) is 41.3 Å². The van der Waals surface area contributed by atoms with Gasteiger partial charge < -0.3 is 21.3 Å². The highest BCUT2D eigenvalue weighted by atomic mass is 16.4. The van der Waals surface area contributed by atoms with Crippen LogP contribution in [0.15, 0.2) is 0 Å². The van der Waals surface area contributed by atoms with E-state index in [-0.39, 0.29) is 5.92 Å². The summed E-state index contributed by atoms with van der Waals surface area (Å²) in [6.45, 7) is 5.65. The van der Waals surface area contributed by atoms with E-state index >= 15 is 0 Å². The van der Waals surface area contributed by atoms with E-state index in [4.69, 9.17) is 15.9 Å². The first-order valence-corrected chi connectivity index (χ1v) is 5.66. The molecule has 6 heteroatoms. The summed E-state index contributed by atoms with van der Waals surface area (Å²) in [6.07, 6.45) is 1.39. The molecule has 17 heavy (non-hydrogen) atoms. The standard InChI is InChI=1S/C6H13NO2.C5H11NO2/c1-4(2)5(7-3)6(8)9;1-2-3-4(6)5(7)8/h4-5,7H,1-3H3,(H,8,9);4H,2-3,6H2,1H3,(H,7,8)/t5-;4-/m00/s1. The van der Waals surface area contributed by atoms with Crippen molar-refractivity contribution in [2.24, 2.45) is 11.7 Å². The molecule has 0 bridgehead atoms. The molecule has 5 N–H and O–H groups in total. The van der Waals surface area contributed by atoms with Gasteiger partial charge in [0.1, 0.15) is 12.1 Å². The molecule has 0 aliphatic heterocycles. The van der Waals surface area contributed by atoms with Gasteiger partial charge in [-0.3, -0.25) is 9.59 Å². The van der Waals surface area contributed by atoms with Crippen LogP contribution in [0.1, 0.15) is 33.6 Å². The maximum Gasteiger partial charge on any atom is 0.320 e. The second-order valence-corrected chi connectivity index (χ2v) is 4.08. The zero-order valence-electron chi connectivity index (χ0n) is 10.9. The van der Waals surface area contributed by atoms with E-state index in [1.807, 2.05) is 20.8 Å². The molecule has 0 saturated carbocycles. The zero-order valence-corrected chi connectivity index (χ0v) is 10.9. The van der Waals surface area contributed by atoms with Gasteiger partial charge in [0.05, 0.1) is 0 Å². The number of nitrogens with two attached hydrogens (primary N) is 1. The number of aliphatic carboxylic acids is 2. The van der Waals surface area contributed by atoms with Gasteiger partial charge in [0.25, 0.3) is 0 Å². The number of carboxylic acid groups (broad SMARTS) is 2. The number of carbonyl (C=O) groups is 2. The Morgan fingerprint density at radius 3 is 1.76 bits per heavy atom. The molecular formula is C11H24N2O4. The molecule has 0 rings (SSSR count). The van der Waals surface area contributed by atoms with E-state index in [1.54, 1.807) is 7.05 Å². The summed E-state index contributed by atoms with van der Waals surface area (Å²) in [6, 6.07) is -1.08. The number of rotatable bonds is 6. The van der Waals surface area contributed by atoms with Gasteiger partial charge in [-0.15, -0.1) is 0 Å². The molecule has 2 atom stereocenters. The van der Waals surface area contributed by atoms with Gasteiger partial charge in [0, 0.05) is 0 Å². The zero-order chi connectivity index (χ0) is 14.0. The monoisotopic (exact) mass is 248 g/mol. The Kier molecular flexibility index (Phi) is 10.8. The molecule has 0 fully saturated rings. The molecule has 0 aromatic carbocycles. The van der Waals surface area contributed by atoms with Crippen LogP contribution < -0.4 is 11.1 Å². The molecule has 0 aromatic rings. The number of likely N-dealkylation sites (N-methyl/N-ethyl adjacent to an activating group) is 1. The minimum Gasteiger partial charge on any atom is -0.480 e. The maximum absolute atomic E-state index is 10.3. The smallest absolute Gasteiger partial charge is 0.320 e. The number of hydrogen-bond donors (Lipinski definition) is 4. The first-order valence-electron chi connectivity index (χ1n) is 5.66. The first-order chi connectivity index (χ1) is 7.77. The van der Waals surface area contributed by atoms with Crippen molar-refractivity contribution in [3.63, 3.8) is 0 Å². The molecule has 0 aromatic heterocycles. The second-order valence-electron chi connectivity index (χ2n) is 4.08. The average molecular weight is 248 g/mol. The van der Waals surface area contributed by atoms with Crippen molar-refractivity contribution in [1.82, 2.24) is 5.32 Å². The predicted molar refractivity (Wildman–Crippen MR) is 65.8 cm³/mol. The van der Waals surface area contributed by atoms with Gasteiger partial charge >= 0.3 is 11.9 Å². The molecule has 0 radical (unpaired) electrons. The fraction of sp³-hybridized carbons (Fsp3) is 0.818. The van der Waals surface area contributed by atoms with Gasteiger partial charge in [-0.25, -0.2) is 0 Å². The van der Waals surface area contributed by atoms with Gasteiger partial charge in [-0.1, -0.05) is 27.2 Å². The normalized spacial score (nSPS) is 13.5. The summed E-state index contributed by atoms with van der Waals surface area (Å²) in [7, 11) is 1.65. The lowest BCUT2D eigenvalue weighted by molar-refractivity contribution is -0.140. The fourth-order valence-electron chi connectivity index (χ4n) is 1.18. The van der Waals surface area contributed by atoms with E-state index in [2.05, 4.69) is 5.32 Å². The summed E-state index contributed by atoms with van der Waals surface area (Å²) in [5.74, 6) is -1.55. The minimum absolute atomic E-state index is 0.146. The van der Waals surface area contributed by atoms with Crippen molar-refractivity contribution in [2.75, 3.05) is 7.05 Å². The fourth-order valence-corrected chi connectivity index (χ4v) is 1.18. The van der Waals surface area contributed by atoms with Crippen molar-refractivity contribution < 1.29 is 19.8 Å². The highest BCUT2D eigenvalue weighted by molar-refractivity contribution is 5.73. The summed E-state index contributed by atoms with van der Waals surface area (Å²) in [5.41, 5.74) is 5.13. The highest BCUT2D eigenvalue weighted by Gasteiger charge is 2.17. The van der Waals surface area contributed by atoms with Crippen LogP contribution in [0.2, 0.25) is 0 Å². The summed E-state index contributed by atoms with van der Waals surface area (Å²) in [4.78, 5) is 20.3. The van der Waals surface area contributed by atoms with Gasteiger partial charge in [-0.2, -0.15) is 0 Å². The Bertz CT molecular complexity index is 232. The van der Waals surface area contributed by atoms with E-state index in [0.29, 0.717) is 6.42 Å². The van der Waals surface area contributed by atoms with Gasteiger partial charge in [0.2, 0.25) is 0 Å². The molecule has 0 aliphatic carbocycles. The van der Waals surface area contributed by atoms with Crippen LogP contribution in [0.25, 0.3) is 0 Å². The molecule has 102 valence electrons. The molecule has 0 saturated heterocycles. The third-order valence-electron chi connectivity index (χ3n) is 2.16. The van der Waals surface area contributed by atoms with E-state index in [0.717, 1.165) is 6.42 Å². The van der Waals surface area contributed by atoms with Crippen LogP contribution >= 0.6 is 0 Å². The Labute approximate surface area is 102 Å². The Balaban J connectivity index is 0. The molecule has 6 nitrogen and oxygen atoms in total. The average Bonchev–Trinajstić information content (AvgIpc) is 2.18. The number of nitrogens with one attached hydrogen (secondary N) is 1. The highest BCUT2D eigenvalue weighted by Crippen LogP contribution is 1.99. The van der Waals surface area contributed by atoms with Crippen molar-refractivity contribution in [1.29, 1.82) is 0 Å². The quantitative estimate of drug-likeness (QED) is 0.545. The minimum atomic E-state index is -0.910. The van der Waals surface area contributed by atoms with Crippen molar-refractivity contribution in [2.45, 2.75) is 45.7 Å².